The zero-order chi connectivity index (χ0) is 13.6. The van der Waals surface area contributed by atoms with Crippen LogP contribution >= 0.6 is 0 Å². The van der Waals surface area contributed by atoms with Crippen LogP contribution in [0.3, 0.4) is 0 Å². The van der Waals surface area contributed by atoms with E-state index in [1.807, 2.05) is 0 Å². The molecular formula is C12H25NO5. The highest BCUT2D eigenvalue weighted by atomic mass is 16.7. The molecule has 1 unspecified atom stereocenters. The predicted molar refractivity (Wildman–Crippen MR) is 65.9 cm³/mol. The third kappa shape index (κ3) is 3.88. The highest BCUT2D eigenvalue weighted by Gasteiger charge is 2.47. The third-order valence-electron chi connectivity index (χ3n) is 3.28. The van der Waals surface area contributed by atoms with Crippen molar-refractivity contribution in [3.8, 4) is 0 Å². The van der Waals surface area contributed by atoms with Gasteiger partial charge in [0.15, 0.2) is 6.29 Å². The molecule has 0 aromatic rings. The van der Waals surface area contributed by atoms with Crippen LogP contribution in [0.4, 0.5) is 0 Å². The fourth-order valence-electron chi connectivity index (χ4n) is 1.96. The number of aliphatic hydroxyl groups excluding tert-OH is 2. The molecule has 0 aromatic heterocycles. The van der Waals surface area contributed by atoms with Gasteiger partial charge in [-0.15, -0.1) is 0 Å². The Labute approximate surface area is 108 Å². The van der Waals surface area contributed by atoms with Gasteiger partial charge in [0.05, 0.1) is 19.3 Å². The van der Waals surface area contributed by atoms with Gasteiger partial charge in [0.2, 0.25) is 0 Å². The van der Waals surface area contributed by atoms with Crippen LogP contribution in [0.5, 0.6) is 0 Å². The quantitative estimate of drug-likeness (QED) is 0.455. The minimum absolute atomic E-state index is 0.183. The molecule has 0 bridgehead atoms. The van der Waals surface area contributed by atoms with Crippen molar-refractivity contribution in [3.63, 3.8) is 0 Å². The van der Waals surface area contributed by atoms with Crippen molar-refractivity contribution in [1.82, 2.24) is 0 Å². The lowest BCUT2D eigenvalue weighted by Crippen LogP contribution is -2.66. The van der Waals surface area contributed by atoms with Crippen LogP contribution < -0.4 is 5.73 Å². The van der Waals surface area contributed by atoms with Crippen molar-refractivity contribution in [2.75, 3.05) is 19.8 Å². The van der Waals surface area contributed by atoms with Crippen LogP contribution in [-0.4, -0.2) is 59.2 Å². The number of unbranched alkanes of at least 4 members (excludes halogenated alkanes) is 3. The Hall–Kier alpha value is -0.240. The van der Waals surface area contributed by atoms with E-state index in [2.05, 4.69) is 6.92 Å². The average Bonchev–Trinajstić information content (AvgIpc) is 2.38. The maximum atomic E-state index is 9.82. The molecule has 1 saturated heterocycles. The second-order valence-corrected chi connectivity index (χ2v) is 4.89. The Morgan fingerprint density at radius 2 is 2.11 bits per heavy atom. The first kappa shape index (κ1) is 15.8. The summed E-state index contributed by atoms with van der Waals surface area (Å²) >= 11 is 0. The number of ether oxygens (including phenoxy) is 2. The highest BCUT2D eigenvalue weighted by molar-refractivity contribution is 4.97. The molecule has 1 heterocycles. The number of hydrogen-bond acceptors (Lipinski definition) is 6. The first-order valence-electron chi connectivity index (χ1n) is 6.55. The molecule has 18 heavy (non-hydrogen) atoms. The van der Waals surface area contributed by atoms with Crippen molar-refractivity contribution in [3.05, 3.63) is 0 Å². The molecule has 0 spiro atoms. The summed E-state index contributed by atoms with van der Waals surface area (Å²) in [6.45, 7) is 1.87. The second kappa shape index (κ2) is 7.37. The summed E-state index contributed by atoms with van der Waals surface area (Å²) in [6.07, 6.45) is 2.34. The van der Waals surface area contributed by atoms with Crippen molar-refractivity contribution in [1.29, 1.82) is 0 Å². The van der Waals surface area contributed by atoms with Gasteiger partial charge in [-0.3, -0.25) is 0 Å². The van der Waals surface area contributed by atoms with Crippen molar-refractivity contribution >= 4 is 0 Å². The van der Waals surface area contributed by atoms with E-state index in [0.29, 0.717) is 6.61 Å². The Balaban J connectivity index is 2.32. The van der Waals surface area contributed by atoms with Crippen LogP contribution in [0.15, 0.2) is 0 Å². The minimum atomic E-state index is -1.69. The molecule has 1 aliphatic rings. The molecule has 108 valence electrons. The lowest BCUT2D eigenvalue weighted by Gasteiger charge is -2.42. The van der Waals surface area contributed by atoms with Gasteiger partial charge < -0.3 is 30.5 Å². The number of nitrogens with two attached hydrogens (primary N) is 1. The van der Waals surface area contributed by atoms with Crippen LogP contribution in [0.2, 0.25) is 0 Å². The van der Waals surface area contributed by atoms with Gasteiger partial charge in [-0.1, -0.05) is 26.2 Å². The van der Waals surface area contributed by atoms with Gasteiger partial charge in [0.1, 0.15) is 11.7 Å². The average molecular weight is 263 g/mol. The molecule has 0 amide bonds. The minimum Gasteiger partial charge on any atom is -0.393 e. The zero-order valence-electron chi connectivity index (χ0n) is 10.9. The van der Waals surface area contributed by atoms with E-state index < -0.39 is 30.6 Å². The van der Waals surface area contributed by atoms with Crippen molar-refractivity contribution in [2.24, 2.45) is 5.73 Å². The zero-order valence-corrected chi connectivity index (χ0v) is 10.9. The van der Waals surface area contributed by atoms with Crippen LogP contribution in [0.1, 0.15) is 32.6 Å². The SMILES string of the molecule is CCCCCCO[C@@H]1OC[C@](O)(CO)[C@H](O)C1N. The van der Waals surface area contributed by atoms with Crippen molar-refractivity contribution < 1.29 is 24.8 Å². The molecule has 5 N–H and O–H groups in total. The summed E-state index contributed by atoms with van der Waals surface area (Å²) in [5.41, 5.74) is 4.05. The van der Waals surface area contributed by atoms with Crippen LogP contribution in [0.25, 0.3) is 0 Å². The Kier molecular flexibility index (Phi) is 6.48. The molecule has 0 aliphatic carbocycles. The Bertz CT molecular complexity index is 241. The topological polar surface area (TPSA) is 105 Å². The predicted octanol–water partition coefficient (Wildman–Crippen LogP) is -0.649. The summed E-state index contributed by atoms with van der Waals surface area (Å²) in [4.78, 5) is 0. The first-order chi connectivity index (χ1) is 8.55. The monoisotopic (exact) mass is 263 g/mol. The van der Waals surface area contributed by atoms with Gasteiger partial charge >= 0.3 is 0 Å². The largest absolute Gasteiger partial charge is 0.393 e. The van der Waals surface area contributed by atoms with E-state index in [9.17, 15) is 10.2 Å². The third-order valence-corrected chi connectivity index (χ3v) is 3.28. The normalized spacial score (nSPS) is 36.8. The summed E-state index contributed by atoms with van der Waals surface area (Å²) in [7, 11) is 0. The summed E-state index contributed by atoms with van der Waals surface area (Å²) in [6, 6.07) is -0.859. The first-order valence-corrected chi connectivity index (χ1v) is 6.55. The van der Waals surface area contributed by atoms with E-state index in [0.717, 1.165) is 25.7 Å². The molecule has 0 radical (unpaired) electrons. The van der Waals surface area contributed by atoms with E-state index in [1.54, 1.807) is 0 Å². The highest BCUT2D eigenvalue weighted by Crippen LogP contribution is 2.23. The smallest absolute Gasteiger partial charge is 0.175 e. The van der Waals surface area contributed by atoms with Crippen molar-refractivity contribution in [2.45, 2.75) is 56.6 Å². The van der Waals surface area contributed by atoms with Gasteiger partial charge in [-0.25, -0.2) is 0 Å². The molecule has 4 atom stereocenters. The molecule has 1 rings (SSSR count). The van der Waals surface area contributed by atoms with E-state index in [4.69, 9.17) is 20.3 Å². The Morgan fingerprint density at radius 1 is 1.39 bits per heavy atom. The number of hydrogen-bond donors (Lipinski definition) is 4. The van der Waals surface area contributed by atoms with Gasteiger partial charge in [0.25, 0.3) is 0 Å². The molecule has 0 saturated carbocycles. The fraction of sp³-hybridized carbons (Fsp3) is 1.00. The van der Waals surface area contributed by atoms with Crippen LogP contribution in [0, 0.1) is 0 Å². The summed E-state index contributed by atoms with van der Waals surface area (Å²) < 4.78 is 10.7. The maximum Gasteiger partial charge on any atom is 0.175 e. The maximum absolute atomic E-state index is 9.82. The Morgan fingerprint density at radius 3 is 2.72 bits per heavy atom. The fourth-order valence-corrected chi connectivity index (χ4v) is 1.96. The second-order valence-electron chi connectivity index (χ2n) is 4.89. The van der Waals surface area contributed by atoms with Gasteiger partial charge in [-0.2, -0.15) is 0 Å². The molecular weight excluding hydrogens is 238 g/mol. The van der Waals surface area contributed by atoms with Gasteiger partial charge in [0, 0.05) is 6.61 Å². The summed E-state index contributed by atoms with van der Waals surface area (Å²) in [5, 5.41) is 28.6. The summed E-state index contributed by atoms with van der Waals surface area (Å²) in [5.74, 6) is 0. The standard InChI is InChI=1S/C12H25NO5/c1-2-3-4-5-6-17-11-9(13)10(15)12(16,7-14)8-18-11/h9-11,14-16H,2-8,13H2,1H3/t9?,10-,11-,12-/m1/s1. The van der Waals surface area contributed by atoms with E-state index >= 15 is 0 Å². The molecule has 6 heteroatoms. The lowest BCUT2D eigenvalue weighted by atomic mass is 9.90. The van der Waals surface area contributed by atoms with Gasteiger partial charge in [-0.05, 0) is 6.42 Å². The van der Waals surface area contributed by atoms with E-state index in [1.165, 1.54) is 0 Å². The molecule has 1 aliphatic heterocycles. The molecule has 6 nitrogen and oxygen atoms in total. The molecule has 1 fully saturated rings. The lowest BCUT2D eigenvalue weighted by molar-refractivity contribution is -0.267. The molecule has 0 aromatic carbocycles. The number of aliphatic hydroxyl groups is 3. The van der Waals surface area contributed by atoms with E-state index in [-0.39, 0.29) is 6.61 Å². The van der Waals surface area contributed by atoms with Crippen LogP contribution in [-0.2, 0) is 9.47 Å². The number of rotatable bonds is 7.